The molecule has 1 N–H and O–H groups in total. The van der Waals surface area contributed by atoms with Gasteiger partial charge in [-0.2, -0.15) is 0 Å². The maximum atomic E-state index is 11.8. The zero-order valence-corrected chi connectivity index (χ0v) is 10.8. The van der Waals surface area contributed by atoms with Gasteiger partial charge in [-0.1, -0.05) is 47.7 Å². The second-order valence-corrected chi connectivity index (χ2v) is 4.22. The number of rotatable bonds is 2. The number of hydrogen-bond donors (Lipinski definition) is 1. The Morgan fingerprint density at radius 1 is 1.05 bits per heavy atom. The number of hydrogen-bond acceptors (Lipinski definition) is 1. The van der Waals surface area contributed by atoms with Crippen LogP contribution in [-0.4, -0.2) is 12.5 Å². The van der Waals surface area contributed by atoms with Crippen LogP contribution in [0.25, 0.3) is 0 Å². The Hall–Kier alpha value is -2.53. The molecule has 0 atom stereocenters. The van der Waals surface area contributed by atoms with E-state index in [9.17, 15) is 4.79 Å². The van der Waals surface area contributed by atoms with E-state index in [2.05, 4.69) is 17.2 Å². The van der Waals surface area contributed by atoms with Gasteiger partial charge in [0, 0.05) is 11.1 Å². The second kappa shape index (κ2) is 6.42. The molecule has 0 radical (unpaired) electrons. The van der Waals surface area contributed by atoms with Crippen molar-refractivity contribution in [2.45, 2.75) is 6.92 Å². The first-order chi connectivity index (χ1) is 9.25. The standard InChI is InChI=1S/C17H15NO/c1-14-9-11-16(12-10-14)17(19)18-13-5-8-15-6-3-2-4-7-15/h2-4,6-7,9-12H,13H2,1H3,(H,18,19). The summed E-state index contributed by atoms with van der Waals surface area (Å²) in [4.78, 5) is 11.8. The number of amides is 1. The first-order valence-electron chi connectivity index (χ1n) is 6.14. The van der Waals surface area contributed by atoms with Crippen LogP contribution in [0.1, 0.15) is 21.5 Å². The predicted octanol–water partition coefficient (Wildman–Crippen LogP) is 2.78. The Morgan fingerprint density at radius 2 is 1.74 bits per heavy atom. The fourth-order valence-corrected chi connectivity index (χ4v) is 1.60. The molecule has 0 bridgehead atoms. The summed E-state index contributed by atoms with van der Waals surface area (Å²) in [6.07, 6.45) is 0. The van der Waals surface area contributed by atoms with Gasteiger partial charge in [0.05, 0.1) is 6.54 Å². The van der Waals surface area contributed by atoms with E-state index in [0.29, 0.717) is 12.1 Å². The smallest absolute Gasteiger partial charge is 0.252 e. The van der Waals surface area contributed by atoms with Gasteiger partial charge in [0.25, 0.3) is 5.91 Å². The summed E-state index contributed by atoms with van der Waals surface area (Å²) >= 11 is 0. The second-order valence-electron chi connectivity index (χ2n) is 4.22. The molecule has 2 aromatic rings. The molecule has 0 aromatic heterocycles. The third-order valence-corrected chi connectivity index (χ3v) is 2.66. The molecule has 0 aliphatic carbocycles. The van der Waals surface area contributed by atoms with Gasteiger partial charge in [-0.3, -0.25) is 4.79 Å². The highest BCUT2D eigenvalue weighted by atomic mass is 16.1. The van der Waals surface area contributed by atoms with E-state index in [-0.39, 0.29) is 5.91 Å². The summed E-state index contributed by atoms with van der Waals surface area (Å²) in [5.41, 5.74) is 2.75. The zero-order chi connectivity index (χ0) is 13.5. The normalized spacial score (nSPS) is 9.32. The number of carbonyl (C=O) groups excluding carboxylic acids is 1. The van der Waals surface area contributed by atoms with Gasteiger partial charge < -0.3 is 5.32 Å². The van der Waals surface area contributed by atoms with Crippen molar-refractivity contribution in [3.05, 3.63) is 71.3 Å². The summed E-state index contributed by atoms with van der Waals surface area (Å²) in [5.74, 6) is 5.83. The van der Waals surface area contributed by atoms with Crippen molar-refractivity contribution < 1.29 is 4.79 Å². The highest BCUT2D eigenvalue weighted by molar-refractivity contribution is 5.94. The molecule has 0 saturated heterocycles. The Kier molecular flexibility index (Phi) is 4.36. The van der Waals surface area contributed by atoms with Gasteiger partial charge in [0.2, 0.25) is 0 Å². The van der Waals surface area contributed by atoms with E-state index < -0.39 is 0 Å². The Labute approximate surface area is 113 Å². The van der Waals surface area contributed by atoms with Gasteiger partial charge in [-0.15, -0.1) is 0 Å². The minimum Gasteiger partial charge on any atom is -0.341 e. The van der Waals surface area contributed by atoms with E-state index in [0.717, 1.165) is 11.1 Å². The Morgan fingerprint density at radius 3 is 2.42 bits per heavy atom. The lowest BCUT2D eigenvalue weighted by Crippen LogP contribution is -2.23. The van der Waals surface area contributed by atoms with Gasteiger partial charge in [-0.25, -0.2) is 0 Å². The van der Waals surface area contributed by atoms with Crippen LogP contribution in [0.15, 0.2) is 54.6 Å². The highest BCUT2D eigenvalue weighted by Crippen LogP contribution is 2.02. The van der Waals surface area contributed by atoms with Crippen LogP contribution in [0, 0.1) is 18.8 Å². The molecule has 2 nitrogen and oxygen atoms in total. The maximum absolute atomic E-state index is 11.8. The Balaban J connectivity index is 1.88. The fourth-order valence-electron chi connectivity index (χ4n) is 1.60. The molecule has 1 amide bonds. The van der Waals surface area contributed by atoms with Crippen LogP contribution in [0.5, 0.6) is 0 Å². The summed E-state index contributed by atoms with van der Waals surface area (Å²) in [7, 11) is 0. The Bertz CT molecular complexity index is 603. The largest absolute Gasteiger partial charge is 0.341 e. The van der Waals surface area contributed by atoms with Gasteiger partial charge >= 0.3 is 0 Å². The van der Waals surface area contributed by atoms with Crippen LogP contribution in [0.4, 0.5) is 0 Å². The molecule has 0 saturated carbocycles. The third-order valence-electron chi connectivity index (χ3n) is 2.66. The lowest BCUT2D eigenvalue weighted by molar-refractivity contribution is 0.0958. The monoisotopic (exact) mass is 249 g/mol. The predicted molar refractivity (Wildman–Crippen MR) is 76.8 cm³/mol. The molecule has 2 rings (SSSR count). The SMILES string of the molecule is Cc1ccc(C(=O)NCC#Cc2ccccc2)cc1. The first-order valence-corrected chi connectivity index (χ1v) is 6.14. The molecule has 0 heterocycles. The average molecular weight is 249 g/mol. The fraction of sp³-hybridized carbons (Fsp3) is 0.118. The third kappa shape index (κ3) is 4.01. The molecule has 2 heteroatoms. The maximum Gasteiger partial charge on any atom is 0.252 e. The minimum absolute atomic E-state index is 0.0950. The lowest BCUT2D eigenvalue weighted by Gasteiger charge is -2.01. The molecule has 19 heavy (non-hydrogen) atoms. The van der Waals surface area contributed by atoms with Gasteiger partial charge in [0.1, 0.15) is 0 Å². The lowest BCUT2D eigenvalue weighted by atomic mass is 10.1. The van der Waals surface area contributed by atoms with E-state index in [1.807, 2.05) is 61.5 Å². The van der Waals surface area contributed by atoms with Crippen molar-refractivity contribution in [2.75, 3.05) is 6.54 Å². The summed E-state index contributed by atoms with van der Waals surface area (Å²) in [6.45, 7) is 2.34. The average Bonchev–Trinajstić information content (AvgIpc) is 2.45. The number of benzene rings is 2. The number of nitrogens with one attached hydrogen (secondary N) is 1. The van der Waals surface area contributed by atoms with Crippen LogP contribution in [-0.2, 0) is 0 Å². The molecule has 0 unspecified atom stereocenters. The van der Waals surface area contributed by atoms with Crippen molar-refractivity contribution in [1.82, 2.24) is 5.32 Å². The van der Waals surface area contributed by atoms with Gasteiger partial charge in [-0.05, 0) is 31.2 Å². The van der Waals surface area contributed by atoms with E-state index >= 15 is 0 Å². The van der Waals surface area contributed by atoms with Crippen molar-refractivity contribution in [3.8, 4) is 11.8 Å². The van der Waals surface area contributed by atoms with E-state index in [1.54, 1.807) is 0 Å². The summed E-state index contributed by atoms with van der Waals surface area (Å²) in [6, 6.07) is 17.2. The van der Waals surface area contributed by atoms with Crippen molar-refractivity contribution in [3.63, 3.8) is 0 Å². The molecular formula is C17H15NO. The molecule has 94 valence electrons. The van der Waals surface area contributed by atoms with Crippen LogP contribution < -0.4 is 5.32 Å². The highest BCUT2D eigenvalue weighted by Gasteiger charge is 2.02. The van der Waals surface area contributed by atoms with Crippen LogP contribution >= 0.6 is 0 Å². The molecule has 0 aliphatic rings. The molecule has 2 aromatic carbocycles. The van der Waals surface area contributed by atoms with Crippen LogP contribution in [0.2, 0.25) is 0 Å². The molecular weight excluding hydrogens is 234 g/mol. The molecule has 0 fully saturated rings. The molecule has 0 spiro atoms. The number of carbonyl (C=O) groups is 1. The van der Waals surface area contributed by atoms with Crippen molar-refractivity contribution in [1.29, 1.82) is 0 Å². The summed E-state index contributed by atoms with van der Waals surface area (Å²) in [5, 5.41) is 2.78. The topological polar surface area (TPSA) is 29.1 Å². The van der Waals surface area contributed by atoms with Crippen molar-refractivity contribution >= 4 is 5.91 Å². The van der Waals surface area contributed by atoms with Crippen molar-refractivity contribution in [2.24, 2.45) is 0 Å². The quantitative estimate of drug-likeness (QED) is 0.815. The van der Waals surface area contributed by atoms with E-state index in [1.165, 1.54) is 0 Å². The zero-order valence-electron chi connectivity index (χ0n) is 10.8. The minimum atomic E-state index is -0.0950. The molecule has 0 aliphatic heterocycles. The van der Waals surface area contributed by atoms with Gasteiger partial charge in [0.15, 0.2) is 0 Å². The van der Waals surface area contributed by atoms with E-state index in [4.69, 9.17) is 0 Å². The number of aryl methyl sites for hydroxylation is 1. The van der Waals surface area contributed by atoms with Crippen LogP contribution in [0.3, 0.4) is 0 Å². The first kappa shape index (κ1) is 12.9. The summed E-state index contributed by atoms with van der Waals surface area (Å²) < 4.78 is 0.